The average Bonchev–Trinajstić information content (AvgIpc) is 3.37. The van der Waals surface area contributed by atoms with E-state index in [1.807, 2.05) is 6.07 Å². The van der Waals surface area contributed by atoms with E-state index in [-0.39, 0.29) is 0 Å². The van der Waals surface area contributed by atoms with Crippen LogP contribution >= 0.6 is 23.2 Å². The van der Waals surface area contributed by atoms with Gasteiger partial charge in [0.25, 0.3) is 5.89 Å². The third-order valence-electron chi connectivity index (χ3n) is 6.14. The minimum Gasteiger partial charge on any atom is -0.334 e. The molecule has 1 saturated heterocycles. The minimum atomic E-state index is 0.498. The molecular weight excluding hydrogens is 381 g/mol. The Morgan fingerprint density at radius 1 is 1.04 bits per heavy atom. The lowest BCUT2D eigenvalue weighted by Crippen LogP contribution is -2.40. The zero-order valence-corrected chi connectivity index (χ0v) is 17.2. The Morgan fingerprint density at radius 3 is 2.56 bits per heavy atom. The summed E-state index contributed by atoms with van der Waals surface area (Å²) in [6.45, 7) is 2.58. The molecule has 0 radical (unpaired) electrons. The standard InChI is InChI=1S/C21H27Cl2N3O/c22-18-9-8-16(14-19(18)23)21-24-20(25-27-21)7-3-4-15-10-12-26(13-11-15)17-5-1-2-6-17/h8-9,14-15,17H,1-7,10-13H2. The molecule has 1 aliphatic carbocycles. The molecule has 6 heteroatoms. The number of benzene rings is 1. The summed E-state index contributed by atoms with van der Waals surface area (Å²) < 4.78 is 5.39. The highest BCUT2D eigenvalue weighted by molar-refractivity contribution is 6.42. The van der Waals surface area contributed by atoms with E-state index < -0.39 is 0 Å². The van der Waals surface area contributed by atoms with Gasteiger partial charge < -0.3 is 9.42 Å². The normalized spacial score (nSPS) is 19.8. The number of rotatable bonds is 6. The van der Waals surface area contributed by atoms with Gasteiger partial charge in [-0.15, -0.1) is 0 Å². The van der Waals surface area contributed by atoms with E-state index in [1.165, 1.54) is 58.0 Å². The van der Waals surface area contributed by atoms with Crippen molar-refractivity contribution in [3.63, 3.8) is 0 Å². The molecule has 0 N–H and O–H groups in total. The van der Waals surface area contributed by atoms with Crippen molar-refractivity contribution < 1.29 is 4.52 Å². The second-order valence-electron chi connectivity index (χ2n) is 7.95. The maximum atomic E-state index is 6.07. The van der Waals surface area contributed by atoms with Crippen LogP contribution in [0, 0.1) is 5.92 Å². The number of piperidine rings is 1. The van der Waals surface area contributed by atoms with Crippen molar-refractivity contribution in [2.75, 3.05) is 13.1 Å². The lowest BCUT2D eigenvalue weighted by Gasteiger charge is -2.36. The fourth-order valence-corrected chi connectivity index (χ4v) is 4.83. The highest BCUT2D eigenvalue weighted by Gasteiger charge is 2.26. The predicted octanol–water partition coefficient (Wildman–Crippen LogP) is 6.02. The Bertz CT molecular complexity index is 750. The van der Waals surface area contributed by atoms with Gasteiger partial charge in [-0.1, -0.05) is 41.2 Å². The van der Waals surface area contributed by atoms with Crippen LogP contribution in [0.1, 0.15) is 57.2 Å². The molecule has 2 aliphatic rings. The zero-order chi connectivity index (χ0) is 18.6. The van der Waals surface area contributed by atoms with Crippen molar-refractivity contribution in [3.05, 3.63) is 34.1 Å². The van der Waals surface area contributed by atoms with Crippen LogP contribution in [0.3, 0.4) is 0 Å². The van der Waals surface area contributed by atoms with Gasteiger partial charge in [0.1, 0.15) is 0 Å². The highest BCUT2D eigenvalue weighted by atomic mass is 35.5. The summed E-state index contributed by atoms with van der Waals surface area (Å²) in [5.74, 6) is 2.14. The van der Waals surface area contributed by atoms with Gasteiger partial charge in [0, 0.05) is 18.0 Å². The Balaban J connectivity index is 1.22. The fraction of sp³-hybridized carbons (Fsp3) is 0.619. The minimum absolute atomic E-state index is 0.498. The van der Waals surface area contributed by atoms with E-state index in [0.717, 1.165) is 36.2 Å². The first-order valence-corrected chi connectivity index (χ1v) is 11.0. The summed E-state index contributed by atoms with van der Waals surface area (Å²) in [5, 5.41) is 5.15. The molecule has 0 amide bonds. The molecule has 2 fully saturated rings. The van der Waals surface area contributed by atoms with E-state index in [1.54, 1.807) is 12.1 Å². The molecule has 1 aromatic heterocycles. The molecule has 1 saturated carbocycles. The molecule has 27 heavy (non-hydrogen) atoms. The van der Waals surface area contributed by atoms with Gasteiger partial charge in [0.15, 0.2) is 5.82 Å². The van der Waals surface area contributed by atoms with Crippen molar-refractivity contribution in [2.24, 2.45) is 5.92 Å². The molecule has 146 valence electrons. The zero-order valence-electron chi connectivity index (χ0n) is 15.7. The lowest BCUT2D eigenvalue weighted by molar-refractivity contribution is 0.130. The molecule has 2 aromatic rings. The second-order valence-corrected chi connectivity index (χ2v) is 8.77. The maximum Gasteiger partial charge on any atom is 0.257 e. The van der Waals surface area contributed by atoms with Crippen LogP contribution in [-0.2, 0) is 6.42 Å². The van der Waals surface area contributed by atoms with E-state index in [0.29, 0.717) is 15.9 Å². The summed E-state index contributed by atoms with van der Waals surface area (Å²) in [6.07, 6.45) is 11.6. The number of nitrogens with zero attached hydrogens (tertiary/aromatic N) is 3. The molecule has 0 atom stereocenters. The molecular formula is C21H27Cl2N3O. The maximum absolute atomic E-state index is 6.07. The van der Waals surface area contributed by atoms with Gasteiger partial charge in [-0.2, -0.15) is 4.98 Å². The monoisotopic (exact) mass is 407 g/mol. The topological polar surface area (TPSA) is 42.2 Å². The molecule has 0 unspecified atom stereocenters. The van der Waals surface area contributed by atoms with Gasteiger partial charge in [-0.25, -0.2) is 0 Å². The van der Waals surface area contributed by atoms with Crippen LogP contribution in [0.2, 0.25) is 10.0 Å². The SMILES string of the molecule is Clc1ccc(-c2nc(CCCC3CCN(C4CCCC4)CC3)no2)cc1Cl. The van der Waals surface area contributed by atoms with Crippen LogP contribution in [0.5, 0.6) is 0 Å². The van der Waals surface area contributed by atoms with Crippen LogP contribution in [0.4, 0.5) is 0 Å². The number of aryl methyl sites for hydroxylation is 1. The third-order valence-corrected chi connectivity index (χ3v) is 6.88. The van der Waals surface area contributed by atoms with E-state index in [9.17, 15) is 0 Å². The number of hydrogen-bond donors (Lipinski definition) is 0. The predicted molar refractivity (Wildman–Crippen MR) is 109 cm³/mol. The molecule has 0 spiro atoms. The van der Waals surface area contributed by atoms with Crippen molar-refractivity contribution in [1.82, 2.24) is 15.0 Å². The summed E-state index contributed by atoms with van der Waals surface area (Å²) >= 11 is 12.0. The largest absolute Gasteiger partial charge is 0.334 e. The van der Waals surface area contributed by atoms with E-state index >= 15 is 0 Å². The average molecular weight is 408 g/mol. The Hall–Kier alpha value is -1.10. The van der Waals surface area contributed by atoms with Gasteiger partial charge in [0.05, 0.1) is 10.0 Å². The number of aromatic nitrogens is 2. The Labute approximate surface area is 171 Å². The summed E-state index contributed by atoms with van der Waals surface area (Å²) in [6, 6.07) is 6.24. The first-order chi connectivity index (χ1) is 13.2. The fourth-order valence-electron chi connectivity index (χ4n) is 4.53. The molecule has 4 nitrogen and oxygen atoms in total. The lowest BCUT2D eigenvalue weighted by atomic mass is 9.90. The highest BCUT2D eigenvalue weighted by Crippen LogP contribution is 2.30. The second kappa shape index (κ2) is 8.93. The van der Waals surface area contributed by atoms with E-state index in [2.05, 4.69) is 15.0 Å². The Kier molecular flexibility index (Phi) is 6.36. The Morgan fingerprint density at radius 2 is 1.81 bits per heavy atom. The summed E-state index contributed by atoms with van der Waals surface area (Å²) in [4.78, 5) is 7.25. The molecule has 2 heterocycles. The van der Waals surface area contributed by atoms with Crippen LogP contribution in [0.25, 0.3) is 11.5 Å². The van der Waals surface area contributed by atoms with Crippen LogP contribution < -0.4 is 0 Å². The molecule has 1 aliphatic heterocycles. The van der Waals surface area contributed by atoms with Gasteiger partial charge >= 0.3 is 0 Å². The van der Waals surface area contributed by atoms with Crippen LogP contribution in [0.15, 0.2) is 22.7 Å². The molecule has 0 bridgehead atoms. The first-order valence-electron chi connectivity index (χ1n) is 10.2. The van der Waals surface area contributed by atoms with Gasteiger partial charge in [0.2, 0.25) is 0 Å². The third kappa shape index (κ3) is 4.85. The van der Waals surface area contributed by atoms with Crippen molar-refractivity contribution in [3.8, 4) is 11.5 Å². The number of likely N-dealkylation sites (tertiary alicyclic amines) is 1. The van der Waals surface area contributed by atoms with Gasteiger partial charge in [-0.05, 0) is 75.7 Å². The van der Waals surface area contributed by atoms with Crippen molar-refractivity contribution in [1.29, 1.82) is 0 Å². The molecule has 4 rings (SSSR count). The van der Waals surface area contributed by atoms with Crippen molar-refractivity contribution >= 4 is 23.2 Å². The van der Waals surface area contributed by atoms with Crippen LogP contribution in [-0.4, -0.2) is 34.2 Å². The first kappa shape index (κ1) is 19.2. The molecule has 1 aromatic carbocycles. The number of hydrogen-bond acceptors (Lipinski definition) is 4. The summed E-state index contributed by atoms with van der Waals surface area (Å²) in [7, 11) is 0. The quantitative estimate of drug-likeness (QED) is 0.586. The van der Waals surface area contributed by atoms with Gasteiger partial charge in [-0.3, -0.25) is 0 Å². The number of halogens is 2. The van der Waals surface area contributed by atoms with Crippen molar-refractivity contribution in [2.45, 2.75) is 63.8 Å². The smallest absolute Gasteiger partial charge is 0.257 e. The summed E-state index contributed by atoms with van der Waals surface area (Å²) in [5.41, 5.74) is 0.808. The van der Waals surface area contributed by atoms with E-state index in [4.69, 9.17) is 27.7 Å².